The van der Waals surface area contributed by atoms with E-state index in [1.54, 1.807) is 44.4 Å². The first-order valence-electron chi connectivity index (χ1n) is 8.03. The van der Waals surface area contributed by atoms with E-state index in [-0.39, 0.29) is 24.3 Å². The maximum atomic E-state index is 12.5. The van der Waals surface area contributed by atoms with Crippen LogP contribution in [0, 0.1) is 0 Å². The van der Waals surface area contributed by atoms with Gasteiger partial charge in [0.1, 0.15) is 5.82 Å². The number of nitrogens with one attached hydrogen (secondary N) is 2. The zero-order valence-electron chi connectivity index (χ0n) is 14.7. The molecule has 0 fully saturated rings. The average Bonchev–Trinajstić information content (AvgIpc) is 2.64. The first-order chi connectivity index (χ1) is 12.4. The van der Waals surface area contributed by atoms with E-state index < -0.39 is 0 Å². The smallest absolute Gasteiger partial charge is 0.257 e. The molecule has 1 aromatic heterocycles. The Kier molecular flexibility index (Phi) is 4.57. The fourth-order valence-electron chi connectivity index (χ4n) is 2.56. The molecule has 2 aromatic rings. The number of anilines is 4. The van der Waals surface area contributed by atoms with Crippen molar-refractivity contribution in [2.75, 3.05) is 41.1 Å². The zero-order chi connectivity index (χ0) is 18.8. The lowest BCUT2D eigenvalue weighted by atomic mass is 10.2. The van der Waals surface area contributed by atoms with Gasteiger partial charge in [0, 0.05) is 38.6 Å². The third-order valence-electron chi connectivity index (χ3n) is 4.24. The Morgan fingerprint density at radius 1 is 1.31 bits per heavy atom. The summed E-state index contributed by atoms with van der Waals surface area (Å²) in [7, 11) is 3.31. The van der Waals surface area contributed by atoms with Crippen molar-refractivity contribution < 1.29 is 14.4 Å². The quantitative estimate of drug-likeness (QED) is 0.876. The average molecular weight is 353 g/mol. The summed E-state index contributed by atoms with van der Waals surface area (Å²) in [5.41, 5.74) is 2.12. The van der Waals surface area contributed by atoms with Crippen molar-refractivity contribution in [3.8, 4) is 0 Å². The van der Waals surface area contributed by atoms with Crippen molar-refractivity contribution in [2.24, 2.45) is 0 Å². The lowest BCUT2D eigenvalue weighted by Gasteiger charge is -2.26. The maximum absolute atomic E-state index is 12.5. The number of hydrogen-bond acceptors (Lipinski definition) is 5. The van der Waals surface area contributed by atoms with Gasteiger partial charge in [-0.05, 0) is 24.3 Å². The number of aromatic nitrogens is 1. The Bertz CT molecular complexity index is 896. The number of rotatable bonds is 3. The van der Waals surface area contributed by atoms with Crippen LogP contribution in [0.2, 0.25) is 0 Å². The van der Waals surface area contributed by atoms with Crippen molar-refractivity contribution in [1.29, 1.82) is 0 Å². The van der Waals surface area contributed by atoms with Crippen molar-refractivity contribution in [3.63, 3.8) is 0 Å². The number of amides is 3. The molecule has 1 aliphatic rings. The van der Waals surface area contributed by atoms with Gasteiger partial charge in [-0.2, -0.15) is 0 Å². The molecule has 0 bridgehead atoms. The molecule has 0 spiro atoms. The number of likely N-dealkylation sites (N-methyl/N-ethyl adjacent to an activating group) is 1. The van der Waals surface area contributed by atoms with Crippen LogP contribution in [0.4, 0.5) is 22.9 Å². The molecule has 0 aliphatic carbocycles. The summed E-state index contributed by atoms with van der Waals surface area (Å²) < 4.78 is 0. The Morgan fingerprint density at radius 2 is 2.08 bits per heavy atom. The number of pyridine rings is 1. The number of fused-ring (bicyclic) bond motifs is 1. The van der Waals surface area contributed by atoms with E-state index in [0.717, 1.165) is 0 Å². The van der Waals surface area contributed by atoms with Crippen LogP contribution < -0.4 is 20.4 Å². The second-order valence-electron chi connectivity index (χ2n) is 5.98. The van der Waals surface area contributed by atoms with Crippen LogP contribution in [-0.4, -0.2) is 43.3 Å². The summed E-state index contributed by atoms with van der Waals surface area (Å²) in [6.07, 6.45) is 1.45. The third kappa shape index (κ3) is 3.34. The molecule has 0 radical (unpaired) electrons. The molecular formula is C18H19N5O3. The fraction of sp³-hybridized carbons (Fsp3) is 0.222. The topological polar surface area (TPSA) is 94.6 Å². The second-order valence-corrected chi connectivity index (χ2v) is 5.98. The van der Waals surface area contributed by atoms with Gasteiger partial charge in [0.15, 0.2) is 0 Å². The second kappa shape index (κ2) is 6.83. The molecule has 0 saturated carbocycles. The van der Waals surface area contributed by atoms with E-state index >= 15 is 0 Å². The minimum Gasteiger partial charge on any atom is -0.359 e. The van der Waals surface area contributed by atoms with Crippen molar-refractivity contribution in [3.05, 3.63) is 42.1 Å². The lowest BCUT2D eigenvalue weighted by molar-refractivity contribution is -0.117. The van der Waals surface area contributed by atoms with Gasteiger partial charge < -0.3 is 20.4 Å². The van der Waals surface area contributed by atoms with Crippen LogP contribution in [0.25, 0.3) is 0 Å². The largest absolute Gasteiger partial charge is 0.359 e. The molecular weight excluding hydrogens is 334 g/mol. The van der Waals surface area contributed by atoms with Gasteiger partial charge >= 0.3 is 0 Å². The predicted molar refractivity (Wildman–Crippen MR) is 99.6 cm³/mol. The van der Waals surface area contributed by atoms with Crippen molar-refractivity contribution >= 4 is 40.6 Å². The molecule has 8 nitrogen and oxygen atoms in total. The summed E-state index contributed by atoms with van der Waals surface area (Å²) in [4.78, 5) is 43.0. The van der Waals surface area contributed by atoms with Crippen LogP contribution in [0.5, 0.6) is 0 Å². The molecule has 0 unspecified atom stereocenters. The minimum absolute atomic E-state index is 0.100. The first-order valence-corrected chi connectivity index (χ1v) is 8.03. The molecule has 2 N–H and O–H groups in total. The van der Waals surface area contributed by atoms with E-state index in [1.165, 1.54) is 22.9 Å². The van der Waals surface area contributed by atoms with Gasteiger partial charge in [0.25, 0.3) is 5.91 Å². The van der Waals surface area contributed by atoms with Crippen molar-refractivity contribution in [1.82, 2.24) is 4.98 Å². The Balaban J connectivity index is 1.82. The first kappa shape index (κ1) is 17.4. The highest BCUT2D eigenvalue weighted by molar-refractivity contribution is 6.07. The Hall–Kier alpha value is -3.42. The summed E-state index contributed by atoms with van der Waals surface area (Å²) in [6, 6.07) is 8.60. The Morgan fingerprint density at radius 3 is 2.81 bits per heavy atom. The van der Waals surface area contributed by atoms with E-state index in [1.807, 2.05) is 0 Å². The highest BCUT2D eigenvalue weighted by Crippen LogP contribution is 2.27. The molecule has 1 aliphatic heterocycles. The Labute approximate surface area is 150 Å². The molecule has 0 atom stereocenters. The molecule has 134 valence electrons. The molecule has 26 heavy (non-hydrogen) atoms. The number of nitrogens with zero attached hydrogens (tertiary/aromatic N) is 3. The van der Waals surface area contributed by atoms with Crippen molar-refractivity contribution in [2.45, 2.75) is 6.92 Å². The van der Waals surface area contributed by atoms with E-state index in [2.05, 4.69) is 15.6 Å². The summed E-state index contributed by atoms with van der Waals surface area (Å²) in [6.45, 7) is 1.65. The standard InChI is InChI=1S/C18H19N5O3/c1-11(24)22(2)14-6-4-5-13(8-14)21-18(26)12-7-15-17(19-9-12)20-10-16(25)23(15)3/h4-9H,10H2,1-3H3,(H,19,20)(H,21,26). The molecule has 1 aromatic carbocycles. The van der Waals surface area contributed by atoms with Gasteiger partial charge in [-0.25, -0.2) is 4.98 Å². The molecule has 3 amide bonds. The molecule has 8 heteroatoms. The van der Waals surface area contributed by atoms with E-state index in [4.69, 9.17) is 0 Å². The van der Waals surface area contributed by atoms with Gasteiger partial charge in [-0.15, -0.1) is 0 Å². The summed E-state index contributed by atoms with van der Waals surface area (Å²) in [5.74, 6) is 0.00692. The van der Waals surface area contributed by atoms with Crippen LogP contribution in [0.15, 0.2) is 36.5 Å². The molecule has 3 rings (SSSR count). The minimum atomic E-state index is -0.352. The predicted octanol–water partition coefficient (Wildman–Crippen LogP) is 1.70. The summed E-state index contributed by atoms with van der Waals surface area (Å²) in [5, 5.41) is 5.70. The van der Waals surface area contributed by atoms with Gasteiger partial charge in [0.2, 0.25) is 11.8 Å². The summed E-state index contributed by atoms with van der Waals surface area (Å²) >= 11 is 0. The van der Waals surface area contributed by atoms with Gasteiger partial charge in [0.05, 0.1) is 17.8 Å². The number of carbonyl (C=O) groups excluding carboxylic acids is 3. The van der Waals surface area contributed by atoms with Crippen LogP contribution in [0.3, 0.4) is 0 Å². The van der Waals surface area contributed by atoms with Gasteiger partial charge in [-0.1, -0.05) is 6.07 Å². The number of carbonyl (C=O) groups is 3. The third-order valence-corrected chi connectivity index (χ3v) is 4.24. The molecule has 0 saturated heterocycles. The van der Waals surface area contributed by atoms with Crippen LogP contribution in [0.1, 0.15) is 17.3 Å². The van der Waals surface area contributed by atoms with Crippen LogP contribution in [-0.2, 0) is 9.59 Å². The fourth-order valence-corrected chi connectivity index (χ4v) is 2.56. The zero-order valence-corrected chi connectivity index (χ0v) is 14.7. The maximum Gasteiger partial charge on any atom is 0.257 e. The highest BCUT2D eigenvalue weighted by Gasteiger charge is 2.23. The van der Waals surface area contributed by atoms with Crippen LogP contribution >= 0.6 is 0 Å². The van der Waals surface area contributed by atoms with E-state index in [0.29, 0.717) is 28.4 Å². The normalized spacial score (nSPS) is 12.9. The molecule has 2 heterocycles. The van der Waals surface area contributed by atoms with Gasteiger partial charge in [-0.3, -0.25) is 14.4 Å². The number of benzene rings is 1. The monoisotopic (exact) mass is 353 g/mol. The highest BCUT2D eigenvalue weighted by atomic mass is 16.2. The lowest BCUT2D eigenvalue weighted by Crippen LogP contribution is -2.37. The SMILES string of the molecule is CC(=O)N(C)c1cccc(NC(=O)c2cnc3c(c2)N(C)C(=O)CN3)c1. The van der Waals surface area contributed by atoms with E-state index in [9.17, 15) is 14.4 Å². The number of hydrogen-bond donors (Lipinski definition) is 2.